The van der Waals surface area contributed by atoms with Crippen LogP contribution in [-0.4, -0.2) is 18.8 Å². The van der Waals surface area contributed by atoms with E-state index >= 15 is 0 Å². The lowest BCUT2D eigenvalue weighted by atomic mass is 9.90. The van der Waals surface area contributed by atoms with Crippen molar-refractivity contribution in [3.63, 3.8) is 0 Å². The highest BCUT2D eigenvalue weighted by Gasteiger charge is 2.29. The minimum absolute atomic E-state index is 0.0701. The summed E-state index contributed by atoms with van der Waals surface area (Å²) in [7, 11) is 1.63. The van der Waals surface area contributed by atoms with E-state index in [1.807, 2.05) is 56.3 Å². The molecule has 0 aliphatic rings. The Balaban J connectivity index is 2.43. The van der Waals surface area contributed by atoms with Crippen molar-refractivity contribution in [3.05, 3.63) is 58.6 Å². The van der Waals surface area contributed by atoms with Crippen molar-refractivity contribution >= 4 is 17.3 Å². The Morgan fingerprint density at radius 2 is 2.00 bits per heavy atom. The number of ether oxygens (including phenoxy) is 1. The molecule has 0 heterocycles. The lowest BCUT2D eigenvalue weighted by molar-refractivity contribution is 0.220. The SMILES string of the molecule is COc1ccc(C)cc1C(C)(CO)Nc1cccc(Cl)c1. The van der Waals surface area contributed by atoms with E-state index in [9.17, 15) is 5.11 Å². The number of aliphatic hydroxyl groups is 1. The van der Waals surface area contributed by atoms with Crippen LogP contribution in [0.1, 0.15) is 18.1 Å². The maximum Gasteiger partial charge on any atom is 0.124 e. The van der Waals surface area contributed by atoms with Crippen molar-refractivity contribution in [1.29, 1.82) is 0 Å². The number of anilines is 1. The number of aryl methyl sites for hydroxylation is 1. The molecule has 0 fully saturated rings. The first-order valence-corrected chi connectivity index (χ1v) is 7.16. The highest BCUT2D eigenvalue weighted by Crippen LogP contribution is 2.34. The smallest absolute Gasteiger partial charge is 0.124 e. The lowest BCUT2D eigenvalue weighted by Gasteiger charge is -2.32. The minimum Gasteiger partial charge on any atom is -0.496 e. The fraction of sp³-hybridized carbons (Fsp3) is 0.294. The number of nitrogens with one attached hydrogen (secondary N) is 1. The van der Waals surface area contributed by atoms with Gasteiger partial charge in [-0.15, -0.1) is 0 Å². The first-order chi connectivity index (χ1) is 9.98. The number of hydrogen-bond acceptors (Lipinski definition) is 3. The molecule has 0 saturated carbocycles. The van der Waals surface area contributed by atoms with Crippen LogP contribution in [0.3, 0.4) is 0 Å². The highest BCUT2D eigenvalue weighted by molar-refractivity contribution is 6.30. The maximum absolute atomic E-state index is 9.93. The first kappa shape index (κ1) is 15.7. The third-order valence-electron chi connectivity index (χ3n) is 3.51. The van der Waals surface area contributed by atoms with Crippen molar-refractivity contribution in [2.75, 3.05) is 19.0 Å². The zero-order valence-corrected chi connectivity index (χ0v) is 13.2. The molecule has 0 saturated heterocycles. The summed E-state index contributed by atoms with van der Waals surface area (Å²) in [6.45, 7) is 3.88. The van der Waals surface area contributed by atoms with Crippen molar-refractivity contribution in [2.45, 2.75) is 19.4 Å². The Labute approximate surface area is 130 Å². The van der Waals surface area contributed by atoms with Crippen LogP contribution in [-0.2, 0) is 5.54 Å². The fourth-order valence-corrected chi connectivity index (χ4v) is 2.52. The Bertz CT molecular complexity index is 630. The van der Waals surface area contributed by atoms with Crippen molar-refractivity contribution in [2.24, 2.45) is 0 Å². The molecule has 1 unspecified atom stereocenters. The molecule has 2 aromatic carbocycles. The van der Waals surface area contributed by atoms with E-state index in [4.69, 9.17) is 16.3 Å². The average Bonchev–Trinajstić information content (AvgIpc) is 2.47. The summed E-state index contributed by atoms with van der Waals surface area (Å²) in [5, 5.41) is 13.9. The summed E-state index contributed by atoms with van der Waals surface area (Å²) in [5.41, 5.74) is 2.20. The van der Waals surface area contributed by atoms with Crippen LogP contribution in [0.5, 0.6) is 5.75 Å². The first-order valence-electron chi connectivity index (χ1n) is 6.78. The molecule has 0 aromatic heterocycles. The predicted octanol–water partition coefficient (Wildman–Crippen LogP) is 3.98. The molecule has 0 amide bonds. The predicted molar refractivity (Wildman–Crippen MR) is 87.2 cm³/mol. The van der Waals surface area contributed by atoms with Gasteiger partial charge >= 0.3 is 0 Å². The van der Waals surface area contributed by atoms with Crippen LogP contribution in [0, 0.1) is 6.92 Å². The Morgan fingerprint density at radius 3 is 2.62 bits per heavy atom. The Kier molecular flexibility index (Phi) is 4.76. The highest BCUT2D eigenvalue weighted by atomic mass is 35.5. The molecule has 21 heavy (non-hydrogen) atoms. The van der Waals surface area contributed by atoms with Gasteiger partial charge in [-0.2, -0.15) is 0 Å². The van der Waals surface area contributed by atoms with Crippen molar-refractivity contribution in [3.8, 4) is 5.75 Å². The second-order valence-corrected chi connectivity index (χ2v) is 5.77. The van der Waals surface area contributed by atoms with Crippen LogP contribution in [0.4, 0.5) is 5.69 Å². The van der Waals surface area contributed by atoms with E-state index in [0.29, 0.717) is 5.02 Å². The van der Waals surface area contributed by atoms with Gasteiger partial charge in [-0.3, -0.25) is 0 Å². The van der Waals surface area contributed by atoms with Gasteiger partial charge in [0.05, 0.1) is 19.3 Å². The molecule has 2 aromatic rings. The quantitative estimate of drug-likeness (QED) is 0.878. The van der Waals surface area contributed by atoms with Crippen LogP contribution < -0.4 is 10.1 Å². The average molecular weight is 306 g/mol. The van der Waals surface area contributed by atoms with E-state index in [-0.39, 0.29) is 6.61 Å². The standard InChI is InChI=1S/C17H20ClNO2/c1-12-7-8-16(21-3)15(9-12)17(2,11-20)19-14-6-4-5-13(18)10-14/h4-10,19-20H,11H2,1-3H3. The summed E-state index contributed by atoms with van der Waals surface area (Å²) in [4.78, 5) is 0. The molecule has 1 atom stereocenters. The van der Waals surface area contributed by atoms with Crippen LogP contribution in [0.2, 0.25) is 5.02 Å². The molecule has 0 aliphatic heterocycles. The van der Waals surface area contributed by atoms with Gasteiger partial charge in [0, 0.05) is 16.3 Å². The van der Waals surface area contributed by atoms with Gasteiger partial charge in [0.1, 0.15) is 5.75 Å². The second-order valence-electron chi connectivity index (χ2n) is 5.33. The number of benzene rings is 2. The summed E-state index contributed by atoms with van der Waals surface area (Å²) < 4.78 is 5.43. The number of rotatable bonds is 5. The zero-order chi connectivity index (χ0) is 15.5. The van der Waals surface area contributed by atoms with E-state index in [0.717, 1.165) is 22.6 Å². The zero-order valence-electron chi connectivity index (χ0n) is 12.5. The summed E-state index contributed by atoms with van der Waals surface area (Å²) in [5.74, 6) is 0.742. The van der Waals surface area contributed by atoms with E-state index in [1.54, 1.807) is 7.11 Å². The molecular formula is C17H20ClNO2. The topological polar surface area (TPSA) is 41.5 Å². The van der Waals surface area contributed by atoms with Gasteiger partial charge in [0.25, 0.3) is 0 Å². The number of halogens is 1. The normalized spacial score (nSPS) is 13.6. The van der Waals surface area contributed by atoms with Crippen LogP contribution in [0.15, 0.2) is 42.5 Å². The van der Waals surface area contributed by atoms with E-state index < -0.39 is 5.54 Å². The maximum atomic E-state index is 9.93. The summed E-state index contributed by atoms with van der Waals surface area (Å²) in [6, 6.07) is 13.4. The largest absolute Gasteiger partial charge is 0.496 e. The molecule has 0 bridgehead atoms. The Morgan fingerprint density at radius 1 is 1.24 bits per heavy atom. The van der Waals surface area contributed by atoms with Gasteiger partial charge in [-0.1, -0.05) is 29.3 Å². The molecule has 112 valence electrons. The van der Waals surface area contributed by atoms with E-state index in [1.165, 1.54) is 0 Å². The molecular weight excluding hydrogens is 286 g/mol. The second kappa shape index (κ2) is 6.37. The van der Waals surface area contributed by atoms with Crippen LogP contribution >= 0.6 is 11.6 Å². The van der Waals surface area contributed by atoms with Gasteiger partial charge in [-0.25, -0.2) is 0 Å². The van der Waals surface area contributed by atoms with E-state index in [2.05, 4.69) is 5.32 Å². The lowest BCUT2D eigenvalue weighted by Crippen LogP contribution is -2.36. The molecule has 0 radical (unpaired) electrons. The molecule has 2 rings (SSSR count). The summed E-state index contributed by atoms with van der Waals surface area (Å²) in [6.07, 6.45) is 0. The summed E-state index contributed by atoms with van der Waals surface area (Å²) >= 11 is 6.02. The van der Waals surface area contributed by atoms with Gasteiger partial charge in [0.2, 0.25) is 0 Å². The fourth-order valence-electron chi connectivity index (χ4n) is 2.33. The van der Waals surface area contributed by atoms with Crippen LogP contribution in [0.25, 0.3) is 0 Å². The molecule has 0 aliphatic carbocycles. The molecule has 4 heteroatoms. The van der Waals surface area contributed by atoms with Gasteiger partial charge in [-0.05, 0) is 44.2 Å². The third-order valence-corrected chi connectivity index (χ3v) is 3.75. The molecule has 2 N–H and O–H groups in total. The van der Waals surface area contributed by atoms with Gasteiger partial charge in [0.15, 0.2) is 0 Å². The Hall–Kier alpha value is -1.71. The third kappa shape index (κ3) is 3.49. The number of aliphatic hydroxyl groups excluding tert-OH is 1. The number of methoxy groups -OCH3 is 1. The minimum atomic E-state index is -0.665. The van der Waals surface area contributed by atoms with Crippen molar-refractivity contribution < 1.29 is 9.84 Å². The van der Waals surface area contributed by atoms with Crippen molar-refractivity contribution in [1.82, 2.24) is 0 Å². The monoisotopic (exact) mass is 305 g/mol. The van der Waals surface area contributed by atoms with Gasteiger partial charge < -0.3 is 15.2 Å². The molecule has 3 nitrogen and oxygen atoms in total. The molecule has 0 spiro atoms. The number of hydrogen-bond donors (Lipinski definition) is 2.